The van der Waals surface area contributed by atoms with Gasteiger partial charge in [0.2, 0.25) is 0 Å². The Morgan fingerprint density at radius 3 is 2.68 bits per heavy atom. The Kier molecular flexibility index (Phi) is 5.26. The lowest BCUT2D eigenvalue weighted by Gasteiger charge is -2.23. The molecule has 0 aliphatic heterocycles. The van der Waals surface area contributed by atoms with Crippen LogP contribution in [0.2, 0.25) is 0 Å². The first-order valence-electron chi connectivity index (χ1n) is 9.57. The van der Waals surface area contributed by atoms with Gasteiger partial charge in [-0.15, -0.1) is 11.3 Å². The van der Waals surface area contributed by atoms with Gasteiger partial charge < -0.3 is 5.32 Å². The highest BCUT2D eigenvalue weighted by atomic mass is 32.1. The Balaban J connectivity index is 1.61. The van der Waals surface area contributed by atoms with Crippen LogP contribution in [0, 0.1) is 12.7 Å². The van der Waals surface area contributed by atoms with Gasteiger partial charge in [-0.2, -0.15) is 0 Å². The van der Waals surface area contributed by atoms with Gasteiger partial charge in [0.1, 0.15) is 16.0 Å². The summed E-state index contributed by atoms with van der Waals surface area (Å²) in [6.45, 7) is 2.12. The maximum Gasteiger partial charge on any atom is 0.271 e. The average Bonchev–Trinajstić information content (AvgIpc) is 3.05. The Morgan fingerprint density at radius 2 is 1.96 bits per heavy atom. The van der Waals surface area contributed by atoms with Crippen molar-refractivity contribution >= 4 is 27.5 Å². The van der Waals surface area contributed by atoms with E-state index in [0.29, 0.717) is 15.8 Å². The first-order valence-corrected chi connectivity index (χ1v) is 10.4. The summed E-state index contributed by atoms with van der Waals surface area (Å²) < 4.78 is 15.3. The third kappa shape index (κ3) is 3.58. The number of hydrogen-bond donors (Lipinski definition) is 1. The molecule has 5 nitrogen and oxygen atoms in total. The SMILES string of the molecule is Cc1sc2c(=O)n(C3CCCCC3)cnc2c1C(=O)NCc1ccc(F)cc1. The lowest BCUT2D eigenvalue weighted by atomic mass is 9.95. The van der Waals surface area contributed by atoms with Crippen molar-refractivity contribution < 1.29 is 9.18 Å². The number of thiophene rings is 1. The molecular formula is C21H22FN3O2S. The number of halogens is 1. The molecule has 7 heteroatoms. The van der Waals surface area contributed by atoms with Crippen LogP contribution < -0.4 is 10.9 Å². The van der Waals surface area contributed by atoms with Crippen LogP contribution in [-0.2, 0) is 6.54 Å². The number of aromatic nitrogens is 2. The average molecular weight is 399 g/mol. The molecule has 3 aromatic rings. The number of rotatable bonds is 4. The van der Waals surface area contributed by atoms with E-state index in [9.17, 15) is 14.0 Å². The topological polar surface area (TPSA) is 64.0 Å². The zero-order valence-corrected chi connectivity index (χ0v) is 16.5. The molecule has 1 amide bonds. The number of nitrogens with zero attached hydrogens (tertiary/aromatic N) is 2. The first kappa shape index (κ1) is 18.8. The Labute approximate surface area is 166 Å². The number of hydrogen-bond acceptors (Lipinski definition) is 4. The van der Waals surface area contributed by atoms with Crippen molar-refractivity contribution in [3.63, 3.8) is 0 Å². The van der Waals surface area contributed by atoms with Crippen molar-refractivity contribution in [3.05, 3.63) is 62.8 Å². The molecule has 4 rings (SSSR count). The summed E-state index contributed by atoms with van der Waals surface area (Å²) in [5.41, 5.74) is 1.67. The minimum atomic E-state index is -0.312. The molecule has 0 saturated heterocycles. The molecule has 1 aliphatic rings. The fourth-order valence-corrected chi connectivity index (χ4v) is 4.89. The smallest absolute Gasteiger partial charge is 0.271 e. The van der Waals surface area contributed by atoms with Crippen LogP contribution in [0.5, 0.6) is 0 Å². The van der Waals surface area contributed by atoms with E-state index in [1.54, 1.807) is 23.0 Å². The predicted molar refractivity (Wildman–Crippen MR) is 108 cm³/mol. The summed E-state index contributed by atoms with van der Waals surface area (Å²) in [5.74, 6) is -0.580. The second-order valence-corrected chi connectivity index (χ2v) is 8.49. The number of aryl methyl sites for hydroxylation is 1. The van der Waals surface area contributed by atoms with Gasteiger partial charge in [0.05, 0.1) is 11.9 Å². The number of carbonyl (C=O) groups is 1. The molecule has 1 aliphatic carbocycles. The zero-order valence-electron chi connectivity index (χ0n) is 15.7. The van der Waals surface area contributed by atoms with Crippen LogP contribution >= 0.6 is 11.3 Å². The van der Waals surface area contributed by atoms with Gasteiger partial charge in [-0.1, -0.05) is 31.4 Å². The molecule has 1 fully saturated rings. The van der Waals surface area contributed by atoms with E-state index in [1.807, 2.05) is 6.92 Å². The third-order valence-corrected chi connectivity index (χ3v) is 6.44. The normalized spacial score (nSPS) is 15.1. The fourth-order valence-electron chi connectivity index (χ4n) is 3.85. The molecule has 1 saturated carbocycles. The van der Waals surface area contributed by atoms with Crippen molar-refractivity contribution in [2.45, 2.75) is 51.6 Å². The molecule has 0 spiro atoms. The molecule has 2 aromatic heterocycles. The standard InChI is InChI=1S/C21H22FN3O2S/c1-13-17(20(26)23-11-14-7-9-15(22)10-8-14)18-19(28-13)21(27)25(12-24-18)16-5-3-2-4-6-16/h7-10,12,16H,2-6,11H2,1H3,(H,23,26). The Hall–Kier alpha value is -2.54. The number of nitrogens with one attached hydrogen (secondary N) is 1. The van der Waals surface area contributed by atoms with Crippen molar-refractivity contribution in [2.24, 2.45) is 0 Å². The summed E-state index contributed by atoms with van der Waals surface area (Å²) in [4.78, 5) is 31.0. The molecule has 0 atom stereocenters. The van der Waals surface area contributed by atoms with Crippen LogP contribution in [0.15, 0.2) is 35.4 Å². The van der Waals surface area contributed by atoms with Crippen LogP contribution in [0.3, 0.4) is 0 Å². The van der Waals surface area contributed by atoms with E-state index in [-0.39, 0.29) is 29.9 Å². The quantitative estimate of drug-likeness (QED) is 0.710. The molecule has 2 heterocycles. The summed E-state index contributed by atoms with van der Waals surface area (Å²) in [5, 5.41) is 2.85. The van der Waals surface area contributed by atoms with Crippen LogP contribution in [0.1, 0.15) is 58.9 Å². The van der Waals surface area contributed by atoms with Crippen molar-refractivity contribution in [2.75, 3.05) is 0 Å². The van der Waals surface area contributed by atoms with Gasteiger partial charge in [-0.25, -0.2) is 9.37 Å². The molecule has 0 radical (unpaired) electrons. The van der Waals surface area contributed by atoms with E-state index in [1.165, 1.54) is 29.9 Å². The molecule has 0 bridgehead atoms. The number of fused-ring (bicyclic) bond motifs is 1. The van der Waals surface area contributed by atoms with Gasteiger partial charge in [-0.05, 0) is 37.5 Å². The highest BCUT2D eigenvalue weighted by Gasteiger charge is 2.23. The minimum Gasteiger partial charge on any atom is -0.348 e. The second kappa shape index (κ2) is 7.83. The van der Waals surface area contributed by atoms with Crippen molar-refractivity contribution in [3.8, 4) is 0 Å². The van der Waals surface area contributed by atoms with E-state index in [2.05, 4.69) is 10.3 Å². The maximum absolute atomic E-state index is 13.0. The molecule has 1 aromatic carbocycles. The van der Waals surface area contributed by atoms with E-state index < -0.39 is 0 Å². The predicted octanol–water partition coefficient (Wildman–Crippen LogP) is 4.34. The molecule has 146 valence electrons. The minimum absolute atomic E-state index is 0.0532. The van der Waals surface area contributed by atoms with Gasteiger partial charge >= 0.3 is 0 Å². The zero-order chi connectivity index (χ0) is 19.7. The van der Waals surface area contributed by atoms with E-state index in [4.69, 9.17) is 0 Å². The molecule has 1 N–H and O–H groups in total. The van der Waals surface area contributed by atoms with Crippen LogP contribution in [0.4, 0.5) is 4.39 Å². The summed E-state index contributed by atoms with van der Waals surface area (Å²) >= 11 is 1.33. The van der Waals surface area contributed by atoms with Crippen molar-refractivity contribution in [1.29, 1.82) is 0 Å². The van der Waals surface area contributed by atoms with Gasteiger partial charge in [-0.3, -0.25) is 14.2 Å². The highest BCUT2D eigenvalue weighted by Crippen LogP contribution is 2.30. The summed E-state index contributed by atoms with van der Waals surface area (Å²) in [7, 11) is 0. The van der Waals surface area contributed by atoms with Gasteiger partial charge in [0.15, 0.2) is 0 Å². The highest BCUT2D eigenvalue weighted by molar-refractivity contribution is 7.19. The van der Waals surface area contributed by atoms with Crippen LogP contribution in [-0.4, -0.2) is 15.5 Å². The number of benzene rings is 1. The second-order valence-electron chi connectivity index (χ2n) is 7.27. The lowest BCUT2D eigenvalue weighted by Crippen LogP contribution is -2.27. The molecule has 0 unspecified atom stereocenters. The summed E-state index contributed by atoms with van der Waals surface area (Å²) in [6.07, 6.45) is 7.09. The Bertz CT molecular complexity index is 1070. The third-order valence-electron chi connectivity index (χ3n) is 5.36. The number of amides is 1. The van der Waals surface area contributed by atoms with Crippen molar-refractivity contribution in [1.82, 2.24) is 14.9 Å². The van der Waals surface area contributed by atoms with E-state index >= 15 is 0 Å². The molecule has 28 heavy (non-hydrogen) atoms. The lowest BCUT2D eigenvalue weighted by molar-refractivity contribution is 0.0952. The molecular weight excluding hydrogens is 377 g/mol. The first-order chi connectivity index (χ1) is 13.5. The number of carbonyl (C=O) groups excluding carboxylic acids is 1. The van der Waals surface area contributed by atoms with Gasteiger partial charge in [0, 0.05) is 17.5 Å². The summed E-state index contributed by atoms with van der Waals surface area (Å²) in [6, 6.07) is 6.20. The van der Waals surface area contributed by atoms with E-state index in [0.717, 1.165) is 36.1 Å². The fraction of sp³-hybridized carbons (Fsp3) is 0.381. The van der Waals surface area contributed by atoms with Crippen LogP contribution in [0.25, 0.3) is 10.2 Å². The largest absolute Gasteiger partial charge is 0.348 e. The maximum atomic E-state index is 13.0. The van der Waals surface area contributed by atoms with Gasteiger partial charge in [0.25, 0.3) is 11.5 Å². The Morgan fingerprint density at radius 1 is 1.25 bits per heavy atom. The monoisotopic (exact) mass is 399 g/mol.